The van der Waals surface area contributed by atoms with E-state index in [1.54, 1.807) is 18.3 Å². The molecule has 1 aromatic heterocycles. The third-order valence-electron chi connectivity index (χ3n) is 2.81. The molecule has 0 atom stereocenters. The van der Waals surface area contributed by atoms with E-state index in [-0.39, 0.29) is 5.82 Å². The Hall–Kier alpha value is -1.84. The fourth-order valence-electron chi connectivity index (χ4n) is 1.93. The molecular formula is C14H18FN3. The lowest BCUT2D eigenvalue weighted by atomic mass is 10.2. The summed E-state index contributed by atoms with van der Waals surface area (Å²) in [5, 5.41) is 3.09. The molecule has 0 aliphatic rings. The van der Waals surface area contributed by atoms with E-state index in [4.69, 9.17) is 0 Å². The Morgan fingerprint density at radius 2 is 2.11 bits per heavy atom. The number of benzene rings is 1. The second-order valence-electron chi connectivity index (χ2n) is 4.54. The van der Waals surface area contributed by atoms with Crippen LogP contribution in [-0.4, -0.2) is 16.1 Å². The standard InChI is InChI=1S/C14H18FN3/c1-11(2)14-17-8-10-18(14)9-7-16-13-6-4-3-5-12(13)15/h3-6,8,10-11,16H,7,9H2,1-2H3. The van der Waals surface area contributed by atoms with Crippen LogP contribution in [0.3, 0.4) is 0 Å². The van der Waals surface area contributed by atoms with Crippen LogP contribution < -0.4 is 5.32 Å². The minimum Gasteiger partial charge on any atom is -0.381 e. The van der Waals surface area contributed by atoms with E-state index in [2.05, 4.69) is 28.7 Å². The quantitative estimate of drug-likeness (QED) is 0.879. The van der Waals surface area contributed by atoms with Crippen LogP contribution in [-0.2, 0) is 6.54 Å². The molecule has 0 bridgehead atoms. The van der Waals surface area contributed by atoms with Gasteiger partial charge in [-0.15, -0.1) is 0 Å². The Labute approximate surface area is 107 Å². The summed E-state index contributed by atoms with van der Waals surface area (Å²) < 4.78 is 15.5. The average molecular weight is 247 g/mol. The van der Waals surface area contributed by atoms with Gasteiger partial charge in [0.2, 0.25) is 0 Å². The fourth-order valence-corrected chi connectivity index (χ4v) is 1.93. The van der Waals surface area contributed by atoms with Crippen LogP contribution in [0.1, 0.15) is 25.6 Å². The van der Waals surface area contributed by atoms with E-state index in [9.17, 15) is 4.39 Å². The monoisotopic (exact) mass is 247 g/mol. The number of halogens is 1. The van der Waals surface area contributed by atoms with Crippen LogP contribution >= 0.6 is 0 Å². The molecule has 0 fully saturated rings. The van der Waals surface area contributed by atoms with E-state index in [1.807, 2.05) is 12.3 Å². The molecule has 1 heterocycles. The summed E-state index contributed by atoms with van der Waals surface area (Å²) in [6.45, 7) is 5.69. The summed E-state index contributed by atoms with van der Waals surface area (Å²) in [7, 11) is 0. The summed E-state index contributed by atoms with van der Waals surface area (Å²) in [6.07, 6.45) is 3.76. The molecule has 2 aromatic rings. The summed E-state index contributed by atoms with van der Waals surface area (Å²) in [5.74, 6) is 1.24. The maximum atomic E-state index is 13.4. The summed E-state index contributed by atoms with van der Waals surface area (Å²) >= 11 is 0. The highest BCUT2D eigenvalue weighted by Gasteiger charge is 2.06. The number of rotatable bonds is 5. The average Bonchev–Trinajstić information content (AvgIpc) is 2.80. The second-order valence-corrected chi connectivity index (χ2v) is 4.54. The molecule has 0 radical (unpaired) electrons. The zero-order valence-electron chi connectivity index (χ0n) is 10.7. The molecule has 0 aliphatic heterocycles. The van der Waals surface area contributed by atoms with Crippen molar-refractivity contribution in [2.24, 2.45) is 0 Å². The van der Waals surface area contributed by atoms with Gasteiger partial charge in [0.1, 0.15) is 11.6 Å². The van der Waals surface area contributed by atoms with Gasteiger partial charge in [-0.25, -0.2) is 9.37 Å². The Kier molecular flexibility index (Phi) is 3.97. The van der Waals surface area contributed by atoms with Gasteiger partial charge in [0.15, 0.2) is 0 Å². The van der Waals surface area contributed by atoms with E-state index in [0.717, 1.165) is 12.4 Å². The van der Waals surface area contributed by atoms with Crippen LogP contribution in [0.5, 0.6) is 0 Å². The normalized spacial score (nSPS) is 10.9. The van der Waals surface area contributed by atoms with Crippen LogP contribution in [0.4, 0.5) is 10.1 Å². The summed E-state index contributed by atoms with van der Waals surface area (Å²) in [4.78, 5) is 4.32. The van der Waals surface area contributed by atoms with E-state index in [1.165, 1.54) is 6.07 Å². The van der Waals surface area contributed by atoms with E-state index >= 15 is 0 Å². The number of para-hydroxylation sites is 1. The smallest absolute Gasteiger partial charge is 0.146 e. The number of hydrogen-bond acceptors (Lipinski definition) is 2. The minimum absolute atomic E-state index is 0.216. The number of aromatic nitrogens is 2. The highest BCUT2D eigenvalue weighted by atomic mass is 19.1. The lowest BCUT2D eigenvalue weighted by molar-refractivity contribution is 0.619. The maximum Gasteiger partial charge on any atom is 0.146 e. The van der Waals surface area contributed by atoms with Crippen molar-refractivity contribution in [1.29, 1.82) is 0 Å². The SMILES string of the molecule is CC(C)c1nccn1CCNc1ccccc1F. The number of anilines is 1. The van der Waals surface area contributed by atoms with Crippen LogP contribution in [0.25, 0.3) is 0 Å². The Morgan fingerprint density at radius 1 is 1.33 bits per heavy atom. The van der Waals surface area contributed by atoms with Gasteiger partial charge in [-0.1, -0.05) is 26.0 Å². The number of nitrogens with one attached hydrogen (secondary N) is 1. The molecule has 1 N–H and O–H groups in total. The first kappa shape index (κ1) is 12.6. The van der Waals surface area contributed by atoms with E-state index in [0.29, 0.717) is 18.2 Å². The van der Waals surface area contributed by atoms with Crippen molar-refractivity contribution in [1.82, 2.24) is 9.55 Å². The van der Waals surface area contributed by atoms with Gasteiger partial charge in [0.25, 0.3) is 0 Å². The van der Waals surface area contributed by atoms with Crippen molar-refractivity contribution in [3.63, 3.8) is 0 Å². The maximum absolute atomic E-state index is 13.4. The summed E-state index contributed by atoms with van der Waals surface area (Å²) in [5.41, 5.74) is 0.545. The Balaban J connectivity index is 1.93. The first-order valence-corrected chi connectivity index (χ1v) is 6.18. The van der Waals surface area contributed by atoms with Gasteiger partial charge < -0.3 is 9.88 Å². The lowest BCUT2D eigenvalue weighted by Gasteiger charge is -2.12. The number of nitrogens with zero attached hydrogens (tertiary/aromatic N) is 2. The largest absolute Gasteiger partial charge is 0.381 e. The van der Waals surface area contributed by atoms with Gasteiger partial charge >= 0.3 is 0 Å². The zero-order chi connectivity index (χ0) is 13.0. The van der Waals surface area contributed by atoms with Crippen molar-refractivity contribution < 1.29 is 4.39 Å². The Morgan fingerprint density at radius 3 is 2.83 bits per heavy atom. The van der Waals surface area contributed by atoms with Crippen molar-refractivity contribution in [3.8, 4) is 0 Å². The summed E-state index contributed by atoms with van der Waals surface area (Å²) in [6, 6.07) is 6.71. The number of hydrogen-bond donors (Lipinski definition) is 1. The Bertz CT molecular complexity index is 505. The van der Waals surface area contributed by atoms with Crippen molar-refractivity contribution in [2.45, 2.75) is 26.3 Å². The van der Waals surface area contributed by atoms with Gasteiger partial charge in [-0.2, -0.15) is 0 Å². The molecule has 0 saturated heterocycles. The van der Waals surface area contributed by atoms with Gasteiger partial charge in [0, 0.05) is 31.4 Å². The number of imidazole rings is 1. The highest BCUT2D eigenvalue weighted by molar-refractivity contribution is 5.44. The lowest BCUT2D eigenvalue weighted by Crippen LogP contribution is -2.13. The van der Waals surface area contributed by atoms with Crippen LogP contribution in [0.15, 0.2) is 36.7 Å². The molecule has 2 rings (SSSR count). The molecule has 0 amide bonds. The molecule has 96 valence electrons. The fraction of sp³-hybridized carbons (Fsp3) is 0.357. The first-order chi connectivity index (χ1) is 8.68. The molecule has 4 heteroatoms. The van der Waals surface area contributed by atoms with E-state index < -0.39 is 0 Å². The molecule has 0 spiro atoms. The molecule has 18 heavy (non-hydrogen) atoms. The molecule has 0 unspecified atom stereocenters. The minimum atomic E-state index is -0.216. The third kappa shape index (κ3) is 2.88. The molecule has 1 aromatic carbocycles. The zero-order valence-corrected chi connectivity index (χ0v) is 10.7. The molecule has 0 aliphatic carbocycles. The molecule has 0 saturated carbocycles. The van der Waals surface area contributed by atoms with Crippen LogP contribution in [0, 0.1) is 5.82 Å². The van der Waals surface area contributed by atoms with Crippen molar-refractivity contribution in [2.75, 3.05) is 11.9 Å². The predicted molar refractivity (Wildman–Crippen MR) is 71.2 cm³/mol. The molecular weight excluding hydrogens is 229 g/mol. The third-order valence-corrected chi connectivity index (χ3v) is 2.81. The van der Waals surface area contributed by atoms with Gasteiger partial charge in [0.05, 0.1) is 5.69 Å². The van der Waals surface area contributed by atoms with Crippen LogP contribution in [0.2, 0.25) is 0 Å². The van der Waals surface area contributed by atoms with Gasteiger partial charge in [-0.3, -0.25) is 0 Å². The topological polar surface area (TPSA) is 29.9 Å². The van der Waals surface area contributed by atoms with Crippen molar-refractivity contribution in [3.05, 3.63) is 48.3 Å². The van der Waals surface area contributed by atoms with Gasteiger partial charge in [-0.05, 0) is 12.1 Å². The molecule has 3 nitrogen and oxygen atoms in total. The predicted octanol–water partition coefficient (Wildman–Crippen LogP) is 3.26. The second kappa shape index (κ2) is 5.67. The van der Waals surface area contributed by atoms with Crippen molar-refractivity contribution >= 4 is 5.69 Å². The first-order valence-electron chi connectivity index (χ1n) is 6.18. The highest BCUT2D eigenvalue weighted by Crippen LogP contribution is 2.13.